The zero-order chi connectivity index (χ0) is 27.4. The Morgan fingerprint density at radius 1 is 0.892 bits per heavy atom. The van der Waals surface area contributed by atoms with Gasteiger partial charge in [-0.1, -0.05) is 0 Å². The Morgan fingerprint density at radius 3 is 2.03 bits per heavy atom. The predicted molar refractivity (Wildman–Crippen MR) is 112 cm³/mol. The lowest BCUT2D eigenvalue weighted by molar-refractivity contribution is -0.336. The number of nitrogens with one attached hydrogen (secondary N) is 1. The van der Waals surface area contributed by atoms with E-state index in [1.165, 1.54) is 14.2 Å². The molecule has 18 nitrogen and oxygen atoms in total. The lowest BCUT2D eigenvalue weighted by atomic mass is 9.95. The van der Waals surface area contributed by atoms with E-state index in [9.17, 15) is 40.2 Å². The molecular weight excluding hydrogens is 508 g/mol. The van der Waals surface area contributed by atoms with Crippen molar-refractivity contribution < 1.29 is 68.6 Å². The molecule has 0 spiro atoms. The van der Waals surface area contributed by atoms with Gasteiger partial charge in [0, 0.05) is 6.92 Å². The summed E-state index contributed by atoms with van der Waals surface area (Å²) in [6, 6.07) is -2.58. The first kappa shape index (κ1) is 28.8. The van der Waals surface area contributed by atoms with Crippen LogP contribution in [0.25, 0.3) is 0 Å². The fourth-order valence-electron chi connectivity index (χ4n) is 3.64. The fraction of sp³-hybridized carbons (Fsp3) is 0.737. The molecule has 10 atom stereocenters. The van der Waals surface area contributed by atoms with Crippen LogP contribution >= 0.6 is 0 Å². The summed E-state index contributed by atoms with van der Waals surface area (Å²) in [4.78, 5) is 35.5. The molecule has 7 N–H and O–H groups in total. The second kappa shape index (κ2) is 12.2. The van der Waals surface area contributed by atoms with Gasteiger partial charge in [-0.25, -0.2) is 4.79 Å². The van der Waals surface area contributed by atoms with E-state index in [-0.39, 0.29) is 12.0 Å². The molecule has 0 saturated carbocycles. The van der Waals surface area contributed by atoms with E-state index < -0.39 is 85.8 Å². The number of hydrogen-bond acceptors (Lipinski definition) is 17. The normalized spacial score (nSPS) is 35.9. The number of esters is 1. The molecule has 2 aliphatic heterocycles. The molecule has 37 heavy (non-hydrogen) atoms. The third kappa shape index (κ3) is 6.37. The van der Waals surface area contributed by atoms with Crippen molar-refractivity contribution in [3.8, 4) is 18.0 Å². The topological polar surface area (TPSA) is 262 Å². The first-order valence-electron chi connectivity index (χ1n) is 10.8. The minimum Gasteiger partial charge on any atom is -0.467 e. The fourth-order valence-corrected chi connectivity index (χ4v) is 3.64. The Labute approximate surface area is 208 Å². The molecule has 0 aliphatic carbocycles. The van der Waals surface area contributed by atoms with Crippen LogP contribution in [0.5, 0.6) is 18.0 Å². The van der Waals surface area contributed by atoms with Gasteiger partial charge < -0.3 is 64.4 Å². The quantitative estimate of drug-likeness (QED) is 0.153. The van der Waals surface area contributed by atoms with E-state index in [4.69, 9.17) is 28.4 Å². The van der Waals surface area contributed by atoms with Gasteiger partial charge in [0.2, 0.25) is 5.91 Å². The molecule has 0 radical (unpaired) electrons. The Bertz CT molecular complexity index is 933. The molecule has 1 aromatic rings. The van der Waals surface area contributed by atoms with Crippen LogP contribution < -0.4 is 19.5 Å². The largest absolute Gasteiger partial charge is 0.467 e. The van der Waals surface area contributed by atoms with Gasteiger partial charge in [-0.15, -0.1) is 15.0 Å². The van der Waals surface area contributed by atoms with Gasteiger partial charge in [0.05, 0.1) is 20.8 Å². The molecule has 0 aromatic carbocycles. The number of hydrogen-bond donors (Lipinski definition) is 7. The lowest BCUT2D eigenvalue weighted by Crippen LogP contribution is -2.68. The summed E-state index contributed by atoms with van der Waals surface area (Å²) >= 11 is 0. The third-order valence-electron chi connectivity index (χ3n) is 5.47. The molecule has 3 heterocycles. The average Bonchev–Trinajstić information content (AvgIpc) is 2.87. The SMILES string of the molecule is COc1nc(OC)nc(OC(=O)C2O[C@@H](O[C@H]3[C@H](O)[C@@H](CO)O[C@@H](O)[C@@H]3NC(C)=O)[C@H](O)[C@@H](O)[C@@H]2O)n1. The van der Waals surface area contributed by atoms with Gasteiger partial charge in [-0.3, -0.25) is 4.79 Å². The summed E-state index contributed by atoms with van der Waals surface area (Å²) in [6.07, 6.45) is -16.3. The zero-order valence-electron chi connectivity index (χ0n) is 19.8. The minimum atomic E-state index is -2.02. The standard InChI is InChI=1S/C19H28N4O14/c1-5(25)20-7-12(8(26)6(4-24)34-14(7)30)35-16-11(29)9(27)10(28)13(36-16)15(31)37-19-22-17(32-2)21-18(23-19)33-3/h6-14,16,24,26-30H,4H2,1-3H3,(H,20,25)/t6-,7-,8-,9+,10+,11-,12-,13?,14-,16-/m1/s1. The molecule has 2 aliphatic rings. The number of amides is 1. The summed E-state index contributed by atoms with van der Waals surface area (Å²) in [5.41, 5.74) is 0. The first-order chi connectivity index (χ1) is 17.5. The number of carbonyl (C=O) groups excluding carboxylic acids is 2. The van der Waals surface area contributed by atoms with E-state index in [2.05, 4.69) is 20.3 Å². The van der Waals surface area contributed by atoms with Crippen LogP contribution in [0.15, 0.2) is 0 Å². The number of aromatic nitrogens is 3. The van der Waals surface area contributed by atoms with Crippen molar-refractivity contribution >= 4 is 11.9 Å². The lowest BCUT2D eigenvalue weighted by Gasteiger charge is -2.46. The summed E-state index contributed by atoms with van der Waals surface area (Å²) in [5, 5.41) is 63.6. The zero-order valence-corrected chi connectivity index (χ0v) is 19.8. The highest BCUT2D eigenvalue weighted by atomic mass is 16.7. The van der Waals surface area contributed by atoms with Gasteiger partial charge in [-0.2, -0.15) is 0 Å². The maximum atomic E-state index is 12.8. The Balaban J connectivity index is 1.82. The monoisotopic (exact) mass is 536 g/mol. The Kier molecular flexibility index (Phi) is 9.45. The van der Waals surface area contributed by atoms with Crippen LogP contribution in [0.4, 0.5) is 0 Å². The van der Waals surface area contributed by atoms with Gasteiger partial charge in [0.1, 0.15) is 42.7 Å². The maximum Gasteiger partial charge on any atom is 0.346 e. The number of rotatable bonds is 8. The smallest absolute Gasteiger partial charge is 0.346 e. The molecule has 1 aromatic heterocycles. The molecule has 0 bridgehead atoms. The van der Waals surface area contributed by atoms with Gasteiger partial charge in [0.25, 0.3) is 0 Å². The van der Waals surface area contributed by atoms with Crippen LogP contribution in [0.3, 0.4) is 0 Å². The van der Waals surface area contributed by atoms with Crippen molar-refractivity contribution in [3.63, 3.8) is 0 Å². The average molecular weight is 536 g/mol. The third-order valence-corrected chi connectivity index (χ3v) is 5.47. The van der Waals surface area contributed by atoms with E-state index in [0.29, 0.717) is 0 Å². The van der Waals surface area contributed by atoms with Crippen molar-refractivity contribution in [1.29, 1.82) is 0 Å². The molecule has 1 amide bonds. The van der Waals surface area contributed by atoms with Crippen LogP contribution in [0.2, 0.25) is 0 Å². The van der Waals surface area contributed by atoms with E-state index in [1.807, 2.05) is 0 Å². The van der Waals surface area contributed by atoms with Crippen LogP contribution in [-0.4, -0.2) is 140 Å². The van der Waals surface area contributed by atoms with Crippen molar-refractivity contribution in [2.75, 3.05) is 20.8 Å². The minimum absolute atomic E-state index is 0.272. The molecule has 1 unspecified atom stereocenters. The van der Waals surface area contributed by atoms with E-state index in [1.54, 1.807) is 0 Å². The summed E-state index contributed by atoms with van der Waals surface area (Å²) < 4.78 is 30.6. The molecule has 2 saturated heterocycles. The van der Waals surface area contributed by atoms with Gasteiger partial charge in [-0.05, 0) is 0 Å². The highest BCUT2D eigenvalue weighted by Gasteiger charge is 2.52. The van der Waals surface area contributed by atoms with Gasteiger partial charge in [0.15, 0.2) is 18.7 Å². The second-order valence-corrected chi connectivity index (χ2v) is 7.97. The maximum absolute atomic E-state index is 12.8. The Morgan fingerprint density at radius 2 is 1.49 bits per heavy atom. The van der Waals surface area contributed by atoms with E-state index in [0.717, 1.165) is 6.92 Å². The molecule has 2 fully saturated rings. The highest BCUT2D eigenvalue weighted by molar-refractivity contribution is 5.77. The van der Waals surface area contributed by atoms with Crippen LogP contribution in [0.1, 0.15) is 6.92 Å². The van der Waals surface area contributed by atoms with Gasteiger partial charge >= 0.3 is 24.0 Å². The molecule has 208 valence electrons. The number of methoxy groups -OCH3 is 2. The van der Waals surface area contributed by atoms with Crippen molar-refractivity contribution in [1.82, 2.24) is 20.3 Å². The summed E-state index contributed by atoms with van der Waals surface area (Å²) in [7, 11) is 2.45. The number of carbonyl (C=O) groups is 2. The van der Waals surface area contributed by atoms with Crippen molar-refractivity contribution in [2.24, 2.45) is 0 Å². The molecular formula is C19H28N4O14. The number of aliphatic hydroxyl groups is 6. The van der Waals surface area contributed by atoms with Crippen molar-refractivity contribution in [3.05, 3.63) is 0 Å². The van der Waals surface area contributed by atoms with Crippen LogP contribution in [-0.2, 0) is 23.8 Å². The number of aliphatic hydroxyl groups excluding tert-OH is 6. The number of nitrogens with zero attached hydrogens (tertiary/aromatic N) is 3. The second-order valence-electron chi connectivity index (χ2n) is 7.97. The molecule has 3 rings (SSSR count). The first-order valence-corrected chi connectivity index (χ1v) is 10.8. The predicted octanol–water partition coefficient (Wildman–Crippen LogP) is -5.44. The van der Waals surface area contributed by atoms with Crippen molar-refractivity contribution in [2.45, 2.75) is 68.3 Å². The van der Waals surface area contributed by atoms with E-state index >= 15 is 0 Å². The highest BCUT2D eigenvalue weighted by Crippen LogP contribution is 2.29. The summed E-state index contributed by atoms with van der Waals surface area (Å²) in [6.45, 7) is 0.353. The Hall–Kier alpha value is -2.81. The molecule has 18 heteroatoms. The number of ether oxygens (including phenoxy) is 6. The summed E-state index contributed by atoms with van der Waals surface area (Å²) in [5.74, 6) is -1.98. The van der Waals surface area contributed by atoms with Crippen LogP contribution in [0, 0.1) is 0 Å².